The summed E-state index contributed by atoms with van der Waals surface area (Å²) in [5.74, 6) is -4.49. The van der Waals surface area contributed by atoms with Gasteiger partial charge in [-0.2, -0.15) is 0 Å². The molecule has 0 saturated carbocycles. The Morgan fingerprint density at radius 3 is 2.52 bits per heavy atom. The van der Waals surface area contributed by atoms with Crippen LogP contribution < -0.4 is 15.5 Å². The molecule has 0 aliphatic carbocycles. The standard InChI is InChI=1S/C32H31F3N4O5/c1-18-8-10-32(11-9-26(37-32)43-2)25-16-38(18)31(42)27-29(44-17-19-6-4-3-5-7-19)28(40)22(15-39(25)27)30(41)36-14-21-23(34)12-20(33)13-24(21)35/h3-7,12-13,15,18,25H,8-11,14,16-17H2,1-2H3,(H,36,41)/t18-,25+,32-/m0/s1. The molecule has 2 aromatic carbocycles. The highest BCUT2D eigenvalue weighted by Crippen LogP contribution is 2.47. The number of aliphatic imine (C=N–C) groups is 1. The van der Waals surface area contributed by atoms with Crippen LogP contribution in [0, 0.1) is 17.5 Å². The number of hydrogen-bond acceptors (Lipinski definition) is 6. The number of nitrogens with one attached hydrogen (secondary N) is 1. The van der Waals surface area contributed by atoms with Crippen molar-refractivity contribution in [3.05, 3.63) is 98.7 Å². The van der Waals surface area contributed by atoms with Crippen molar-refractivity contribution in [1.29, 1.82) is 0 Å². The van der Waals surface area contributed by atoms with Gasteiger partial charge in [-0.15, -0.1) is 0 Å². The Balaban J connectivity index is 1.46. The van der Waals surface area contributed by atoms with E-state index in [0.29, 0.717) is 50.3 Å². The first kappa shape index (κ1) is 29.5. The van der Waals surface area contributed by atoms with Gasteiger partial charge in [-0.3, -0.25) is 14.4 Å². The van der Waals surface area contributed by atoms with Crippen LogP contribution in [0.4, 0.5) is 13.2 Å². The molecule has 3 atom stereocenters. The van der Waals surface area contributed by atoms with E-state index < -0.39 is 58.4 Å². The molecule has 6 rings (SSSR count). The predicted molar refractivity (Wildman–Crippen MR) is 154 cm³/mol. The average Bonchev–Trinajstić information content (AvgIpc) is 3.38. The molecule has 1 aromatic heterocycles. The number of fused-ring (bicyclic) bond motifs is 5. The molecule has 12 heteroatoms. The van der Waals surface area contributed by atoms with Crippen LogP contribution >= 0.6 is 0 Å². The van der Waals surface area contributed by atoms with Crippen LogP contribution in [0.2, 0.25) is 0 Å². The Labute approximate surface area is 251 Å². The topological polar surface area (TPSA) is 102 Å². The summed E-state index contributed by atoms with van der Waals surface area (Å²) in [4.78, 5) is 48.1. The molecule has 1 spiro atoms. The first-order chi connectivity index (χ1) is 21.1. The van der Waals surface area contributed by atoms with Crippen LogP contribution in [-0.4, -0.2) is 52.4 Å². The van der Waals surface area contributed by atoms with Crippen molar-refractivity contribution in [3.63, 3.8) is 0 Å². The fraction of sp³-hybridized carbons (Fsp3) is 0.375. The van der Waals surface area contributed by atoms with E-state index in [2.05, 4.69) is 5.32 Å². The van der Waals surface area contributed by atoms with Gasteiger partial charge in [-0.1, -0.05) is 30.3 Å². The van der Waals surface area contributed by atoms with Gasteiger partial charge in [0.25, 0.3) is 11.8 Å². The van der Waals surface area contributed by atoms with Gasteiger partial charge in [0.1, 0.15) is 29.6 Å². The van der Waals surface area contributed by atoms with Crippen LogP contribution in [0.25, 0.3) is 0 Å². The zero-order valence-electron chi connectivity index (χ0n) is 24.2. The molecular weight excluding hydrogens is 577 g/mol. The Bertz CT molecular complexity index is 1700. The van der Waals surface area contributed by atoms with E-state index in [1.807, 2.05) is 13.0 Å². The molecule has 3 aliphatic rings. The molecule has 1 saturated heterocycles. The molecule has 0 unspecified atom stereocenters. The lowest BCUT2D eigenvalue weighted by atomic mass is 9.83. The number of halogens is 3. The molecule has 230 valence electrons. The molecule has 1 N–H and O–H groups in total. The van der Waals surface area contributed by atoms with Gasteiger partial charge in [0.2, 0.25) is 5.43 Å². The van der Waals surface area contributed by atoms with E-state index >= 15 is 0 Å². The predicted octanol–water partition coefficient (Wildman–Crippen LogP) is 4.53. The number of benzene rings is 2. The van der Waals surface area contributed by atoms with Crippen molar-refractivity contribution in [3.8, 4) is 5.75 Å². The van der Waals surface area contributed by atoms with E-state index in [9.17, 15) is 27.6 Å². The summed E-state index contributed by atoms with van der Waals surface area (Å²) >= 11 is 0. The van der Waals surface area contributed by atoms with Gasteiger partial charge in [0, 0.05) is 49.4 Å². The zero-order chi connectivity index (χ0) is 31.2. The largest absolute Gasteiger partial charge is 0.484 e. The van der Waals surface area contributed by atoms with Gasteiger partial charge in [-0.05, 0) is 31.7 Å². The molecule has 2 amide bonds. The molecule has 0 radical (unpaired) electrons. The second kappa shape index (κ2) is 11.5. The quantitative estimate of drug-likeness (QED) is 0.443. The van der Waals surface area contributed by atoms with E-state index in [-0.39, 0.29) is 29.7 Å². The highest BCUT2D eigenvalue weighted by atomic mass is 19.1. The lowest BCUT2D eigenvalue weighted by molar-refractivity contribution is 0.0575. The minimum absolute atomic E-state index is 0.0172. The number of pyridine rings is 1. The summed E-state index contributed by atoms with van der Waals surface area (Å²) in [5.41, 5.74) is -1.69. The van der Waals surface area contributed by atoms with Crippen molar-refractivity contribution in [2.45, 2.75) is 63.4 Å². The lowest BCUT2D eigenvalue weighted by Crippen LogP contribution is -2.51. The highest BCUT2D eigenvalue weighted by Gasteiger charge is 2.52. The molecule has 44 heavy (non-hydrogen) atoms. The Morgan fingerprint density at radius 1 is 1.11 bits per heavy atom. The summed E-state index contributed by atoms with van der Waals surface area (Å²) in [6, 6.07) is 9.47. The fourth-order valence-corrected chi connectivity index (χ4v) is 6.43. The van der Waals surface area contributed by atoms with E-state index in [0.717, 1.165) is 5.56 Å². The van der Waals surface area contributed by atoms with Crippen LogP contribution in [0.15, 0.2) is 58.4 Å². The number of carbonyl (C=O) groups excluding carboxylic acids is 2. The Kier molecular flexibility index (Phi) is 7.68. The second-order valence-corrected chi connectivity index (χ2v) is 11.4. The van der Waals surface area contributed by atoms with Crippen LogP contribution in [0.3, 0.4) is 0 Å². The van der Waals surface area contributed by atoms with Crippen molar-refractivity contribution < 1.29 is 32.2 Å². The summed E-state index contributed by atoms with van der Waals surface area (Å²) in [7, 11) is 1.56. The first-order valence-corrected chi connectivity index (χ1v) is 14.4. The number of methoxy groups -OCH3 is 1. The normalized spacial score (nSPS) is 22.3. The van der Waals surface area contributed by atoms with Gasteiger partial charge in [-0.25, -0.2) is 18.2 Å². The Hall–Kier alpha value is -4.61. The molecule has 2 bridgehead atoms. The van der Waals surface area contributed by atoms with Crippen molar-refractivity contribution in [2.24, 2.45) is 4.99 Å². The van der Waals surface area contributed by atoms with Crippen LogP contribution in [0.5, 0.6) is 5.75 Å². The minimum atomic E-state index is -1.18. The molecule has 3 aliphatic heterocycles. The second-order valence-electron chi connectivity index (χ2n) is 11.4. The number of hydrogen-bond donors (Lipinski definition) is 1. The third-order valence-electron chi connectivity index (χ3n) is 8.87. The first-order valence-electron chi connectivity index (χ1n) is 14.4. The third-order valence-corrected chi connectivity index (χ3v) is 8.87. The lowest BCUT2D eigenvalue weighted by Gasteiger charge is -2.42. The monoisotopic (exact) mass is 608 g/mol. The molecule has 9 nitrogen and oxygen atoms in total. The summed E-state index contributed by atoms with van der Waals surface area (Å²) in [6.45, 7) is 1.56. The zero-order valence-corrected chi connectivity index (χ0v) is 24.2. The highest BCUT2D eigenvalue weighted by molar-refractivity contribution is 5.99. The smallest absolute Gasteiger partial charge is 0.274 e. The van der Waals surface area contributed by atoms with Crippen molar-refractivity contribution in [2.75, 3.05) is 13.7 Å². The molecule has 1 fully saturated rings. The maximum absolute atomic E-state index is 14.3. The number of nitrogens with zero attached hydrogens (tertiary/aromatic N) is 3. The maximum atomic E-state index is 14.3. The number of amides is 2. The van der Waals surface area contributed by atoms with Crippen molar-refractivity contribution in [1.82, 2.24) is 14.8 Å². The fourth-order valence-electron chi connectivity index (χ4n) is 6.43. The summed E-state index contributed by atoms with van der Waals surface area (Å²) < 4.78 is 55.2. The number of ether oxygens (including phenoxy) is 2. The van der Waals surface area contributed by atoms with Crippen molar-refractivity contribution >= 4 is 17.7 Å². The van der Waals surface area contributed by atoms with Gasteiger partial charge >= 0.3 is 0 Å². The summed E-state index contributed by atoms with van der Waals surface area (Å²) in [6.07, 6.45) is 3.88. The Morgan fingerprint density at radius 2 is 1.84 bits per heavy atom. The van der Waals surface area contributed by atoms with Gasteiger partial charge < -0.3 is 24.3 Å². The van der Waals surface area contributed by atoms with Gasteiger partial charge in [0.15, 0.2) is 17.3 Å². The average molecular weight is 609 g/mol. The van der Waals surface area contributed by atoms with Crippen LogP contribution in [0.1, 0.15) is 70.6 Å². The van der Waals surface area contributed by atoms with E-state index in [1.54, 1.807) is 40.8 Å². The summed E-state index contributed by atoms with van der Waals surface area (Å²) in [5, 5.41) is 2.38. The minimum Gasteiger partial charge on any atom is -0.484 e. The molecule has 4 heterocycles. The maximum Gasteiger partial charge on any atom is 0.274 e. The van der Waals surface area contributed by atoms with Crippen LogP contribution in [-0.2, 0) is 17.9 Å². The van der Waals surface area contributed by atoms with E-state index in [4.69, 9.17) is 14.5 Å². The third kappa shape index (κ3) is 5.11. The van der Waals surface area contributed by atoms with E-state index in [1.165, 1.54) is 6.20 Å². The molecule has 3 aromatic rings. The number of carbonyl (C=O) groups is 2. The molecular formula is C32H31F3N4O5. The van der Waals surface area contributed by atoms with Gasteiger partial charge in [0.05, 0.1) is 18.7 Å². The number of aromatic nitrogens is 1. The number of rotatable bonds is 6. The SMILES string of the molecule is COC1=N[C@]2(CC1)CC[C@H](C)N1C[C@H]2n2cc(C(=O)NCc3c(F)cc(F)cc3F)c(=O)c(OCc3ccccc3)c2C1=O.